The van der Waals surface area contributed by atoms with Crippen LogP contribution in [0.25, 0.3) is 0 Å². The minimum Gasteiger partial charge on any atom is -0.465 e. The zero-order chi connectivity index (χ0) is 17.8. The molecule has 2 fully saturated rings. The van der Waals surface area contributed by atoms with Crippen molar-refractivity contribution in [1.82, 2.24) is 10.3 Å². The number of rotatable bonds is 4. The second-order valence-electron chi connectivity index (χ2n) is 6.90. The van der Waals surface area contributed by atoms with E-state index in [-0.39, 0.29) is 18.1 Å². The Hall–Kier alpha value is -1.18. The van der Waals surface area contributed by atoms with Gasteiger partial charge in [-0.1, -0.05) is 12.8 Å². The Balaban J connectivity index is 1.61. The molecule has 3 rings (SSSR count). The minimum atomic E-state index is -0.366. The first-order valence-corrected chi connectivity index (χ1v) is 9.80. The molecule has 138 valence electrons. The number of piperidine rings is 1. The van der Waals surface area contributed by atoms with E-state index in [1.54, 1.807) is 12.3 Å². The van der Waals surface area contributed by atoms with Gasteiger partial charge in [0.1, 0.15) is 11.4 Å². The van der Waals surface area contributed by atoms with E-state index >= 15 is 0 Å². The zero-order valence-corrected chi connectivity index (χ0v) is 16.2. The van der Waals surface area contributed by atoms with Crippen LogP contribution >= 0.6 is 15.9 Å². The van der Waals surface area contributed by atoms with Crippen LogP contribution in [0.15, 0.2) is 16.7 Å². The number of pyridine rings is 1. The molecule has 1 aliphatic heterocycles. The molecule has 1 aromatic heterocycles. The number of nitrogens with zero attached hydrogens (tertiary/aromatic N) is 2. The Morgan fingerprint density at radius 3 is 2.72 bits per heavy atom. The molecule has 0 spiro atoms. The predicted molar refractivity (Wildman–Crippen MR) is 99.9 cm³/mol. The lowest BCUT2D eigenvalue weighted by molar-refractivity contribution is 0.0600. The van der Waals surface area contributed by atoms with Crippen LogP contribution in [0.2, 0.25) is 0 Å². The average Bonchev–Trinajstić information content (AvgIpc) is 2.63. The van der Waals surface area contributed by atoms with Crippen molar-refractivity contribution in [1.29, 1.82) is 0 Å². The van der Waals surface area contributed by atoms with E-state index in [0.29, 0.717) is 17.4 Å². The van der Waals surface area contributed by atoms with Gasteiger partial charge in [0.05, 0.1) is 13.2 Å². The van der Waals surface area contributed by atoms with Gasteiger partial charge in [0.15, 0.2) is 0 Å². The SMILES string of the molecule is COC(=O)c1cc(Br)cnc1N1CCC(N[C@@H]2CCCC[C@H]2O)CC1. The largest absolute Gasteiger partial charge is 0.465 e. The maximum absolute atomic E-state index is 12.0. The Morgan fingerprint density at radius 1 is 1.32 bits per heavy atom. The molecular weight excluding hydrogens is 386 g/mol. The van der Waals surface area contributed by atoms with Crippen molar-refractivity contribution in [3.05, 3.63) is 22.3 Å². The number of ether oxygens (including phenoxy) is 1. The number of hydrogen-bond acceptors (Lipinski definition) is 6. The molecule has 2 heterocycles. The second-order valence-corrected chi connectivity index (χ2v) is 7.82. The van der Waals surface area contributed by atoms with Crippen molar-refractivity contribution >= 4 is 27.7 Å². The highest BCUT2D eigenvalue weighted by atomic mass is 79.9. The molecule has 0 unspecified atom stereocenters. The molecule has 7 heteroatoms. The molecule has 2 aliphatic rings. The summed E-state index contributed by atoms with van der Waals surface area (Å²) in [5, 5.41) is 13.8. The first-order valence-electron chi connectivity index (χ1n) is 9.01. The van der Waals surface area contributed by atoms with Gasteiger partial charge >= 0.3 is 5.97 Å². The molecule has 0 radical (unpaired) electrons. The number of halogens is 1. The molecule has 2 N–H and O–H groups in total. The Kier molecular flexibility index (Phi) is 6.30. The van der Waals surface area contributed by atoms with Crippen molar-refractivity contribution in [2.24, 2.45) is 0 Å². The summed E-state index contributed by atoms with van der Waals surface area (Å²) in [5.41, 5.74) is 0.492. The van der Waals surface area contributed by atoms with Gasteiger partial charge in [-0.3, -0.25) is 0 Å². The van der Waals surface area contributed by atoms with Gasteiger partial charge in [0, 0.05) is 35.8 Å². The van der Waals surface area contributed by atoms with E-state index in [4.69, 9.17) is 4.74 Å². The molecule has 1 saturated heterocycles. The molecule has 1 saturated carbocycles. The fraction of sp³-hybridized carbons (Fsp3) is 0.667. The zero-order valence-electron chi connectivity index (χ0n) is 14.6. The van der Waals surface area contributed by atoms with Crippen LogP contribution in [0.5, 0.6) is 0 Å². The van der Waals surface area contributed by atoms with Crippen LogP contribution < -0.4 is 10.2 Å². The number of esters is 1. The third-order valence-electron chi connectivity index (χ3n) is 5.21. The average molecular weight is 412 g/mol. The topological polar surface area (TPSA) is 74.7 Å². The highest BCUT2D eigenvalue weighted by molar-refractivity contribution is 9.10. The van der Waals surface area contributed by atoms with Crippen LogP contribution in [0.3, 0.4) is 0 Å². The number of aliphatic hydroxyl groups excluding tert-OH is 1. The molecule has 2 atom stereocenters. The molecule has 6 nitrogen and oxygen atoms in total. The Bertz CT molecular complexity index is 605. The van der Waals surface area contributed by atoms with E-state index in [2.05, 4.69) is 31.1 Å². The Morgan fingerprint density at radius 2 is 2.04 bits per heavy atom. The number of carbonyl (C=O) groups is 1. The molecule has 0 aromatic carbocycles. The van der Waals surface area contributed by atoms with Crippen molar-refractivity contribution in [2.75, 3.05) is 25.1 Å². The molecule has 0 bridgehead atoms. The van der Waals surface area contributed by atoms with Gasteiger partial charge in [-0.2, -0.15) is 0 Å². The van der Waals surface area contributed by atoms with Crippen LogP contribution in [0.4, 0.5) is 5.82 Å². The standard InChI is InChI=1S/C18H26BrN3O3/c1-25-18(24)14-10-12(19)11-20-17(14)22-8-6-13(7-9-22)21-15-4-2-3-5-16(15)23/h10-11,13,15-16,21,23H,2-9H2,1H3/t15-,16-/m1/s1. The van der Waals surface area contributed by atoms with Gasteiger partial charge in [-0.25, -0.2) is 9.78 Å². The summed E-state index contributed by atoms with van der Waals surface area (Å²) in [6.45, 7) is 1.66. The fourth-order valence-electron chi connectivity index (χ4n) is 3.81. The fourth-order valence-corrected chi connectivity index (χ4v) is 4.14. The van der Waals surface area contributed by atoms with E-state index in [1.165, 1.54) is 13.5 Å². The van der Waals surface area contributed by atoms with Crippen LogP contribution in [0, 0.1) is 0 Å². The maximum atomic E-state index is 12.0. The number of hydrogen-bond donors (Lipinski definition) is 2. The van der Waals surface area contributed by atoms with E-state index in [0.717, 1.165) is 49.7 Å². The number of aromatic nitrogens is 1. The van der Waals surface area contributed by atoms with Crippen LogP contribution in [-0.2, 0) is 4.74 Å². The summed E-state index contributed by atoms with van der Waals surface area (Å²) in [7, 11) is 1.39. The molecule has 25 heavy (non-hydrogen) atoms. The summed E-state index contributed by atoms with van der Waals surface area (Å²) in [6.07, 6.45) is 7.73. The first-order chi connectivity index (χ1) is 12.1. The summed E-state index contributed by atoms with van der Waals surface area (Å²) < 4.78 is 5.65. The Labute approximate surface area is 157 Å². The second kappa shape index (κ2) is 8.47. The first kappa shape index (κ1) is 18.6. The predicted octanol–water partition coefficient (Wildman–Crippen LogP) is 2.49. The van der Waals surface area contributed by atoms with Gasteiger partial charge in [-0.15, -0.1) is 0 Å². The summed E-state index contributed by atoms with van der Waals surface area (Å²) >= 11 is 3.37. The smallest absolute Gasteiger partial charge is 0.341 e. The third kappa shape index (κ3) is 4.51. The molecule has 0 amide bonds. The minimum absolute atomic E-state index is 0.217. The van der Waals surface area contributed by atoms with Gasteiger partial charge in [-0.05, 0) is 47.7 Å². The van der Waals surface area contributed by atoms with Gasteiger partial charge in [0.2, 0.25) is 0 Å². The monoisotopic (exact) mass is 411 g/mol. The number of anilines is 1. The van der Waals surface area contributed by atoms with Crippen LogP contribution in [0.1, 0.15) is 48.9 Å². The highest BCUT2D eigenvalue weighted by Crippen LogP contribution is 2.26. The normalized spacial score (nSPS) is 25.0. The number of nitrogens with one attached hydrogen (secondary N) is 1. The van der Waals surface area contributed by atoms with E-state index in [1.807, 2.05) is 0 Å². The quantitative estimate of drug-likeness (QED) is 0.741. The van der Waals surface area contributed by atoms with E-state index < -0.39 is 0 Å². The molecule has 1 aliphatic carbocycles. The number of methoxy groups -OCH3 is 1. The number of carbonyl (C=O) groups excluding carboxylic acids is 1. The third-order valence-corrected chi connectivity index (χ3v) is 5.65. The summed E-state index contributed by atoms with van der Waals surface area (Å²) in [5.74, 6) is 0.320. The number of aliphatic hydroxyl groups is 1. The molecular formula is C18H26BrN3O3. The lowest BCUT2D eigenvalue weighted by Gasteiger charge is -2.38. The van der Waals surface area contributed by atoms with Gasteiger partial charge < -0.3 is 20.1 Å². The van der Waals surface area contributed by atoms with Crippen molar-refractivity contribution in [2.45, 2.75) is 56.7 Å². The van der Waals surface area contributed by atoms with Crippen LogP contribution in [-0.4, -0.2) is 54.4 Å². The summed E-state index contributed by atoms with van der Waals surface area (Å²) in [6, 6.07) is 2.39. The van der Waals surface area contributed by atoms with Crippen molar-refractivity contribution in [3.63, 3.8) is 0 Å². The highest BCUT2D eigenvalue weighted by Gasteiger charge is 2.29. The van der Waals surface area contributed by atoms with Crippen molar-refractivity contribution < 1.29 is 14.6 Å². The van der Waals surface area contributed by atoms with Gasteiger partial charge in [0.25, 0.3) is 0 Å². The molecule has 1 aromatic rings. The lowest BCUT2D eigenvalue weighted by atomic mass is 9.91. The van der Waals surface area contributed by atoms with E-state index in [9.17, 15) is 9.90 Å². The lowest BCUT2D eigenvalue weighted by Crippen LogP contribution is -2.51. The summed E-state index contributed by atoms with van der Waals surface area (Å²) in [4.78, 5) is 18.6. The van der Waals surface area contributed by atoms with Crippen molar-refractivity contribution in [3.8, 4) is 0 Å². The maximum Gasteiger partial charge on any atom is 0.341 e.